The fourth-order valence-corrected chi connectivity index (χ4v) is 2.81. The molecule has 0 saturated heterocycles. The first kappa shape index (κ1) is 15.3. The van der Waals surface area contributed by atoms with Crippen molar-refractivity contribution in [3.05, 3.63) is 29.8 Å². The van der Waals surface area contributed by atoms with Crippen LogP contribution in [0.25, 0.3) is 0 Å². The Kier molecular flexibility index (Phi) is 4.80. The highest BCUT2D eigenvalue weighted by atomic mass is 16.4. The van der Waals surface area contributed by atoms with Crippen molar-refractivity contribution in [3.8, 4) is 0 Å². The van der Waals surface area contributed by atoms with Crippen LogP contribution in [0.1, 0.15) is 31.2 Å². The van der Waals surface area contributed by atoms with Crippen molar-refractivity contribution in [1.29, 1.82) is 0 Å². The number of nitrogens with zero attached hydrogens (tertiary/aromatic N) is 1. The van der Waals surface area contributed by atoms with Gasteiger partial charge in [0.1, 0.15) is 5.41 Å². The van der Waals surface area contributed by atoms with E-state index in [0.717, 1.165) is 18.4 Å². The first-order valence-corrected chi connectivity index (χ1v) is 7.11. The first-order valence-electron chi connectivity index (χ1n) is 7.11. The highest BCUT2D eigenvalue weighted by Crippen LogP contribution is 2.39. The zero-order valence-electron chi connectivity index (χ0n) is 11.9. The molecule has 1 aromatic carbocycles. The smallest absolute Gasteiger partial charge is 0.238 e. The SMILES string of the molecule is NC(=NO)C1(C(=O)Nc2ccc(CCO)cc2)CCCC1. The van der Waals surface area contributed by atoms with E-state index < -0.39 is 5.41 Å². The van der Waals surface area contributed by atoms with Crippen molar-refractivity contribution in [2.45, 2.75) is 32.1 Å². The van der Waals surface area contributed by atoms with E-state index in [1.807, 2.05) is 12.1 Å². The van der Waals surface area contributed by atoms with Crippen LogP contribution in [0, 0.1) is 5.41 Å². The van der Waals surface area contributed by atoms with E-state index in [2.05, 4.69) is 10.5 Å². The molecule has 1 aromatic rings. The molecule has 21 heavy (non-hydrogen) atoms. The number of anilines is 1. The Morgan fingerprint density at radius 2 is 1.90 bits per heavy atom. The first-order chi connectivity index (χ1) is 10.1. The van der Waals surface area contributed by atoms with Crippen LogP contribution in [0.5, 0.6) is 0 Å². The summed E-state index contributed by atoms with van der Waals surface area (Å²) in [6.45, 7) is 0.0956. The van der Waals surface area contributed by atoms with Gasteiger partial charge in [0.05, 0.1) is 0 Å². The Morgan fingerprint density at radius 3 is 2.43 bits per heavy atom. The standard InChI is InChI=1S/C15H21N3O3/c16-13(18-21)15(8-1-2-9-15)14(20)17-12-5-3-11(4-6-12)7-10-19/h3-6,19,21H,1-2,7-10H2,(H2,16,18)(H,17,20). The second kappa shape index (κ2) is 6.58. The number of rotatable bonds is 5. The molecule has 1 fully saturated rings. The largest absolute Gasteiger partial charge is 0.409 e. The van der Waals surface area contributed by atoms with E-state index >= 15 is 0 Å². The van der Waals surface area contributed by atoms with Crippen LogP contribution in [0.3, 0.4) is 0 Å². The summed E-state index contributed by atoms with van der Waals surface area (Å²) in [5.41, 5.74) is 6.51. The van der Waals surface area contributed by atoms with Crippen LogP contribution in [-0.4, -0.2) is 28.7 Å². The van der Waals surface area contributed by atoms with Crippen molar-refractivity contribution in [1.82, 2.24) is 0 Å². The van der Waals surface area contributed by atoms with Gasteiger partial charge >= 0.3 is 0 Å². The fourth-order valence-electron chi connectivity index (χ4n) is 2.81. The number of amidine groups is 1. The number of carbonyl (C=O) groups is 1. The van der Waals surface area contributed by atoms with Gasteiger partial charge in [0.25, 0.3) is 0 Å². The van der Waals surface area contributed by atoms with Crippen LogP contribution in [0.15, 0.2) is 29.4 Å². The maximum atomic E-state index is 12.5. The molecule has 2 rings (SSSR count). The molecule has 0 atom stereocenters. The molecule has 0 bridgehead atoms. The molecule has 0 unspecified atom stereocenters. The van der Waals surface area contributed by atoms with Gasteiger partial charge in [-0.2, -0.15) is 0 Å². The zero-order valence-corrected chi connectivity index (χ0v) is 11.9. The normalized spacial score (nSPS) is 17.7. The molecular formula is C15H21N3O3. The summed E-state index contributed by atoms with van der Waals surface area (Å²) in [6.07, 6.45) is 3.55. The van der Waals surface area contributed by atoms with Crippen LogP contribution in [0.4, 0.5) is 5.69 Å². The lowest BCUT2D eigenvalue weighted by Crippen LogP contribution is -2.45. The third-order valence-electron chi connectivity index (χ3n) is 4.10. The Morgan fingerprint density at radius 1 is 1.29 bits per heavy atom. The molecular weight excluding hydrogens is 270 g/mol. The number of hydrogen-bond acceptors (Lipinski definition) is 4. The topological polar surface area (TPSA) is 108 Å². The number of nitrogens with two attached hydrogens (primary N) is 1. The summed E-state index contributed by atoms with van der Waals surface area (Å²) < 4.78 is 0. The van der Waals surface area contributed by atoms with Gasteiger partial charge < -0.3 is 21.4 Å². The average molecular weight is 291 g/mol. The predicted molar refractivity (Wildman–Crippen MR) is 80.2 cm³/mol. The summed E-state index contributed by atoms with van der Waals surface area (Å²) in [6, 6.07) is 7.29. The quantitative estimate of drug-likeness (QED) is 0.285. The minimum atomic E-state index is -0.904. The van der Waals surface area contributed by atoms with E-state index in [1.165, 1.54) is 0 Å². The van der Waals surface area contributed by atoms with E-state index in [9.17, 15) is 4.79 Å². The zero-order chi connectivity index (χ0) is 15.3. The number of nitrogens with one attached hydrogen (secondary N) is 1. The minimum Gasteiger partial charge on any atom is -0.409 e. The molecule has 5 N–H and O–H groups in total. The Hall–Kier alpha value is -2.08. The number of oxime groups is 1. The third kappa shape index (κ3) is 3.16. The lowest BCUT2D eigenvalue weighted by Gasteiger charge is -2.26. The molecule has 6 nitrogen and oxygen atoms in total. The van der Waals surface area contributed by atoms with Gasteiger partial charge in [-0.3, -0.25) is 4.79 Å². The maximum Gasteiger partial charge on any atom is 0.238 e. The van der Waals surface area contributed by atoms with Gasteiger partial charge in [-0.05, 0) is 37.0 Å². The monoisotopic (exact) mass is 291 g/mol. The van der Waals surface area contributed by atoms with Crippen molar-refractivity contribution in [3.63, 3.8) is 0 Å². The van der Waals surface area contributed by atoms with Crippen LogP contribution < -0.4 is 11.1 Å². The van der Waals surface area contributed by atoms with Gasteiger partial charge in [0.15, 0.2) is 5.84 Å². The lowest BCUT2D eigenvalue weighted by atomic mass is 9.83. The van der Waals surface area contributed by atoms with Crippen molar-refractivity contribution in [2.75, 3.05) is 11.9 Å². The minimum absolute atomic E-state index is 0.0191. The Labute approximate surface area is 123 Å². The summed E-state index contributed by atoms with van der Waals surface area (Å²) in [7, 11) is 0. The molecule has 1 amide bonds. The third-order valence-corrected chi connectivity index (χ3v) is 4.10. The van der Waals surface area contributed by atoms with Crippen LogP contribution in [0.2, 0.25) is 0 Å². The fraction of sp³-hybridized carbons (Fsp3) is 0.467. The molecule has 0 aliphatic heterocycles. The maximum absolute atomic E-state index is 12.5. The van der Waals surface area contributed by atoms with Gasteiger partial charge in [0.2, 0.25) is 5.91 Å². The number of aliphatic hydroxyl groups excluding tert-OH is 1. The second-order valence-corrected chi connectivity index (χ2v) is 5.40. The Balaban J connectivity index is 2.12. The molecule has 0 radical (unpaired) electrons. The molecule has 1 aliphatic carbocycles. The molecule has 1 aliphatic rings. The van der Waals surface area contributed by atoms with Crippen LogP contribution >= 0.6 is 0 Å². The molecule has 0 aromatic heterocycles. The van der Waals surface area contributed by atoms with Gasteiger partial charge in [-0.15, -0.1) is 0 Å². The number of amides is 1. The highest BCUT2D eigenvalue weighted by molar-refractivity contribution is 6.12. The molecule has 0 spiro atoms. The van der Waals surface area contributed by atoms with Gasteiger partial charge in [0, 0.05) is 12.3 Å². The van der Waals surface area contributed by atoms with E-state index in [-0.39, 0.29) is 18.3 Å². The van der Waals surface area contributed by atoms with E-state index in [0.29, 0.717) is 24.9 Å². The van der Waals surface area contributed by atoms with E-state index in [4.69, 9.17) is 16.0 Å². The highest BCUT2D eigenvalue weighted by Gasteiger charge is 2.45. The van der Waals surface area contributed by atoms with Crippen molar-refractivity contribution >= 4 is 17.4 Å². The predicted octanol–water partition coefficient (Wildman–Crippen LogP) is 1.47. The van der Waals surface area contributed by atoms with Gasteiger partial charge in [-0.25, -0.2) is 0 Å². The average Bonchev–Trinajstić information content (AvgIpc) is 2.99. The van der Waals surface area contributed by atoms with E-state index in [1.54, 1.807) is 12.1 Å². The second-order valence-electron chi connectivity index (χ2n) is 5.40. The number of hydrogen-bond donors (Lipinski definition) is 4. The summed E-state index contributed by atoms with van der Waals surface area (Å²) in [5.74, 6) is -0.250. The number of benzene rings is 1. The van der Waals surface area contributed by atoms with Crippen LogP contribution in [-0.2, 0) is 11.2 Å². The summed E-state index contributed by atoms with van der Waals surface area (Å²) in [5, 5.41) is 23.7. The summed E-state index contributed by atoms with van der Waals surface area (Å²) in [4.78, 5) is 12.5. The van der Waals surface area contributed by atoms with Crippen molar-refractivity contribution < 1.29 is 15.1 Å². The molecule has 0 heterocycles. The van der Waals surface area contributed by atoms with Gasteiger partial charge in [-0.1, -0.05) is 30.1 Å². The Bertz CT molecular complexity index is 519. The van der Waals surface area contributed by atoms with Crippen molar-refractivity contribution in [2.24, 2.45) is 16.3 Å². The number of aliphatic hydroxyl groups is 1. The molecule has 6 heteroatoms. The summed E-state index contributed by atoms with van der Waals surface area (Å²) >= 11 is 0. The number of carbonyl (C=O) groups excluding carboxylic acids is 1. The molecule has 114 valence electrons. The lowest BCUT2D eigenvalue weighted by molar-refractivity contribution is -0.122. The molecule has 1 saturated carbocycles.